The summed E-state index contributed by atoms with van der Waals surface area (Å²) in [6.45, 7) is 1.94. The first kappa shape index (κ1) is 14.9. The first-order chi connectivity index (χ1) is 10.6. The largest absolute Gasteiger partial charge is 0.270 e. The summed E-state index contributed by atoms with van der Waals surface area (Å²) in [5.41, 5.74) is 2.56. The second-order valence-corrected chi connectivity index (χ2v) is 6.53. The van der Waals surface area contributed by atoms with Crippen molar-refractivity contribution in [1.82, 2.24) is 0 Å². The number of amides is 1. The molecule has 3 rings (SSSR count). The molecule has 1 aliphatic heterocycles. The second-order valence-electron chi connectivity index (χ2n) is 4.86. The summed E-state index contributed by atoms with van der Waals surface area (Å²) in [5, 5.41) is 0. The Kier molecular flexibility index (Phi) is 4.09. The van der Waals surface area contributed by atoms with Crippen molar-refractivity contribution >= 4 is 46.0 Å². The maximum atomic E-state index is 12.9. The van der Waals surface area contributed by atoms with Crippen LogP contribution in [0, 0.1) is 12.7 Å². The minimum Gasteiger partial charge on any atom is -0.268 e. The van der Waals surface area contributed by atoms with Gasteiger partial charge in [-0.25, -0.2) is 4.39 Å². The molecule has 1 amide bonds. The van der Waals surface area contributed by atoms with Gasteiger partial charge >= 0.3 is 0 Å². The predicted molar refractivity (Wildman–Crippen MR) is 93.2 cm³/mol. The molecular formula is C17H12FNOS2. The van der Waals surface area contributed by atoms with Crippen LogP contribution in [-0.4, -0.2) is 10.2 Å². The van der Waals surface area contributed by atoms with Crippen molar-refractivity contribution in [1.29, 1.82) is 0 Å². The van der Waals surface area contributed by atoms with Crippen molar-refractivity contribution < 1.29 is 9.18 Å². The predicted octanol–water partition coefficient (Wildman–Crippen LogP) is 4.54. The minimum absolute atomic E-state index is 0.145. The number of nitrogens with zero attached hydrogens (tertiary/aromatic N) is 1. The monoisotopic (exact) mass is 329 g/mol. The van der Waals surface area contributed by atoms with Crippen LogP contribution in [0.1, 0.15) is 11.1 Å². The minimum atomic E-state index is -0.301. The Hall–Kier alpha value is -1.98. The van der Waals surface area contributed by atoms with Crippen LogP contribution >= 0.6 is 24.0 Å². The van der Waals surface area contributed by atoms with Crippen molar-refractivity contribution in [3.8, 4) is 0 Å². The van der Waals surface area contributed by atoms with Gasteiger partial charge in [0.1, 0.15) is 5.82 Å². The highest BCUT2D eigenvalue weighted by molar-refractivity contribution is 8.27. The zero-order valence-corrected chi connectivity index (χ0v) is 13.4. The smallest absolute Gasteiger partial charge is 0.268 e. The molecule has 0 N–H and O–H groups in total. The highest BCUT2D eigenvalue weighted by Gasteiger charge is 2.33. The van der Waals surface area contributed by atoms with Gasteiger partial charge in [0.15, 0.2) is 4.32 Å². The number of thiocarbonyl (C=S) groups is 1. The molecule has 0 radical (unpaired) electrons. The lowest BCUT2D eigenvalue weighted by Gasteiger charge is -2.16. The Labute approximate surface area is 137 Å². The van der Waals surface area contributed by atoms with Gasteiger partial charge in [0.25, 0.3) is 5.91 Å². The molecule has 0 bridgehead atoms. The lowest BCUT2D eigenvalue weighted by atomic mass is 10.1. The molecule has 5 heteroatoms. The molecule has 1 saturated heterocycles. The summed E-state index contributed by atoms with van der Waals surface area (Å²) in [7, 11) is 0. The summed E-state index contributed by atoms with van der Waals surface area (Å²) < 4.78 is 13.5. The normalized spacial score (nSPS) is 16.6. The van der Waals surface area contributed by atoms with Crippen LogP contribution in [0.4, 0.5) is 10.1 Å². The van der Waals surface area contributed by atoms with Crippen molar-refractivity contribution in [2.75, 3.05) is 4.90 Å². The van der Waals surface area contributed by atoms with Crippen molar-refractivity contribution in [2.45, 2.75) is 6.92 Å². The van der Waals surface area contributed by atoms with Crippen LogP contribution in [0.2, 0.25) is 0 Å². The summed E-state index contributed by atoms with van der Waals surface area (Å²) in [5.74, 6) is -0.446. The summed E-state index contributed by atoms with van der Waals surface area (Å²) in [6.07, 6.45) is 1.73. The van der Waals surface area contributed by atoms with E-state index in [0.29, 0.717) is 9.23 Å². The van der Waals surface area contributed by atoms with Crippen LogP contribution in [0.15, 0.2) is 53.4 Å². The van der Waals surface area contributed by atoms with E-state index < -0.39 is 0 Å². The maximum absolute atomic E-state index is 12.9. The van der Waals surface area contributed by atoms with Crippen molar-refractivity contribution in [3.05, 3.63) is 70.4 Å². The number of thioether (sulfide) groups is 1. The van der Waals surface area contributed by atoms with Crippen LogP contribution in [-0.2, 0) is 4.79 Å². The Balaban J connectivity index is 1.95. The standard InChI is InChI=1S/C17H12FNOS2/c1-11-4-2-3-5-14(11)19-16(20)15(22-17(19)21)10-12-6-8-13(18)9-7-12/h2-10H,1H3. The molecule has 2 aromatic carbocycles. The number of halogens is 1. The van der Waals surface area contributed by atoms with Crippen LogP contribution in [0.5, 0.6) is 0 Å². The van der Waals surface area contributed by atoms with E-state index in [-0.39, 0.29) is 11.7 Å². The molecule has 0 atom stereocenters. The molecule has 22 heavy (non-hydrogen) atoms. The molecule has 0 aromatic heterocycles. The fourth-order valence-electron chi connectivity index (χ4n) is 2.20. The van der Waals surface area contributed by atoms with E-state index in [0.717, 1.165) is 16.8 Å². The number of benzene rings is 2. The number of hydrogen-bond donors (Lipinski definition) is 0. The molecular weight excluding hydrogens is 317 g/mol. The van der Waals surface area contributed by atoms with Gasteiger partial charge in [-0.05, 0) is 42.3 Å². The molecule has 0 spiro atoms. The first-order valence-electron chi connectivity index (χ1n) is 6.65. The van der Waals surface area contributed by atoms with Gasteiger partial charge in [-0.1, -0.05) is 54.3 Å². The van der Waals surface area contributed by atoms with E-state index in [2.05, 4.69) is 0 Å². The van der Waals surface area contributed by atoms with Gasteiger partial charge in [0.05, 0.1) is 10.6 Å². The lowest BCUT2D eigenvalue weighted by Crippen LogP contribution is -2.28. The third-order valence-corrected chi connectivity index (χ3v) is 4.62. The van der Waals surface area contributed by atoms with Crippen LogP contribution in [0.3, 0.4) is 0 Å². The lowest BCUT2D eigenvalue weighted by molar-refractivity contribution is -0.113. The Morgan fingerprint density at radius 3 is 2.50 bits per heavy atom. The fraction of sp³-hybridized carbons (Fsp3) is 0.0588. The molecule has 110 valence electrons. The summed E-state index contributed by atoms with van der Waals surface area (Å²) in [4.78, 5) is 14.7. The molecule has 0 aliphatic carbocycles. The Morgan fingerprint density at radius 1 is 1.14 bits per heavy atom. The van der Waals surface area contributed by atoms with E-state index in [1.807, 2.05) is 31.2 Å². The number of para-hydroxylation sites is 1. The zero-order chi connectivity index (χ0) is 15.7. The average Bonchev–Trinajstić information content (AvgIpc) is 2.77. The fourth-order valence-corrected chi connectivity index (χ4v) is 3.48. The number of hydrogen-bond acceptors (Lipinski definition) is 3. The number of carbonyl (C=O) groups excluding carboxylic acids is 1. The van der Waals surface area contributed by atoms with E-state index in [1.165, 1.54) is 23.9 Å². The van der Waals surface area contributed by atoms with Crippen LogP contribution in [0.25, 0.3) is 6.08 Å². The molecule has 2 aromatic rings. The third-order valence-electron chi connectivity index (χ3n) is 3.32. The summed E-state index contributed by atoms with van der Waals surface area (Å²) >= 11 is 6.60. The molecule has 2 nitrogen and oxygen atoms in total. The molecule has 1 heterocycles. The van der Waals surface area contributed by atoms with Gasteiger partial charge in [-0.15, -0.1) is 0 Å². The topological polar surface area (TPSA) is 20.3 Å². The molecule has 1 fully saturated rings. The molecule has 0 saturated carbocycles. The van der Waals surface area contributed by atoms with E-state index in [1.54, 1.807) is 23.1 Å². The SMILES string of the molecule is Cc1ccccc1N1C(=O)C(=Cc2ccc(F)cc2)SC1=S. The Bertz CT molecular complexity index is 784. The highest BCUT2D eigenvalue weighted by Crippen LogP contribution is 2.37. The first-order valence-corrected chi connectivity index (χ1v) is 7.88. The van der Waals surface area contributed by atoms with Gasteiger partial charge in [-0.2, -0.15) is 0 Å². The zero-order valence-electron chi connectivity index (χ0n) is 11.7. The molecule has 0 unspecified atom stereocenters. The maximum Gasteiger partial charge on any atom is 0.270 e. The van der Waals surface area contributed by atoms with Crippen molar-refractivity contribution in [2.24, 2.45) is 0 Å². The Morgan fingerprint density at radius 2 is 1.82 bits per heavy atom. The third kappa shape index (κ3) is 2.82. The number of anilines is 1. The van der Waals surface area contributed by atoms with E-state index in [4.69, 9.17) is 12.2 Å². The average molecular weight is 329 g/mol. The molecule has 1 aliphatic rings. The quantitative estimate of drug-likeness (QED) is 0.596. The van der Waals surface area contributed by atoms with Crippen molar-refractivity contribution in [3.63, 3.8) is 0 Å². The van der Waals surface area contributed by atoms with Gasteiger partial charge < -0.3 is 0 Å². The van der Waals surface area contributed by atoms with E-state index >= 15 is 0 Å². The number of rotatable bonds is 2. The second kappa shape index (κ2) is 6.02. The van der Waals surface area contributed by atoms with Gasteiger partial charge in [-0.3, -0.25) is 9.69 Å². The van der Waals surface area contributed by atoms with Crippen LogP contribution < -0.4 is 4.90 Å². The summed E-state index contributed by atoms with van der Waals surface area (Å²) in [6, 6.07) is 13.6. The van der Waals surface area contributed by atoms with Gasteiger partial charge in [0.2, 0.25) is 0 Å². The number of aryl methyl sites for hydroxylation is 1. The van der Waals surface area contributed by atoms with Gasteiger partial charge in [0, 0.05) is 0 Å². The van der Waals surface area contributed by atoms with E-state index in [9.17, 15) is 9.18 Å². The highest BCUT2D eigenvalue weighted by atomic mass is 32.2. The number of carbonyl (C=O) groups is 1.